The second-order valence-corrected chi connectivity index (χ2v) is 38.1. The van der Waals surface area contributed by atoms with Crippen LogP contribution in [-0.2, 0) is 143 Å². The van der Waals surface area contributed by atoms with E-state index >= 15 is 13.8 Å². The maximum absolute atomic E-state index is 15.5. The minimum Gasteiger partial charge on any atom is -0.445 e. The van der Waals surface area contributed by atoms with Crippen molar-refractivity contribution in [2.75, 3.05) is 171 Å². The first kappa shape index (κ1) is 119. The van der Waals surface area contributed by atoms with Crippen LogP contribution in [0.3, 0.4) is 0 Å². The van der Waals surface area contributed by atoms with Crippen LogP contribution in [0.1, 0.15) is 158 Å². The van der Waals surface area contributed by atoms with E-state index in [1.54, 1.807) is 71.2 Å². The van der Waals surface area contributed by atoms with Gasteiger partial charge in [-0.15, -0.1) is 0 Å². The molecule has 1 fully saturated rings. The van der Waals surface area contributed by atoms with E-state index in [-0.39, 0.29) is 175 Å². The van der Waals surface area contributed by atoms with E-state index in [1.807, 2.05) is 19.9 Å². The number of aliphatic hydroxyl groups is 3. The van der Waals surface area contributed by atoms with Gasteiger partial charge in [0.15, 0.2) is 23.1 Å². The number of ketones is 5. The first-order valence-electron chi connectivity index (χ1n) is 49.7. The number of urea groups is 1. The van der Waals surface area contributed by atoms with Gasteiger partial charge in [0.2, 0.25) is 47.3 Å². The summed E-state index contributed by atoms with van der Waals surface area (Å²) in [4.78, 5) is 240. The number of nitrogens with zero attached hydrogens (tertiary/aromatic N) is 5. The van der Waals surface area contributed by atoms with E-state index in [1.165, 1.54) is 37.1 Å². The summed E-state index contributed by atoms with van der Waals surface area (Å²) < 4.78 is 71.7. The minimum absolute atomic E-state index is 0.0198. The van der Waals surface area contributed by atoms with E-state index in [0.717, 1.165) is 39.5 Å². The zero-order valence-electron chi connectivity index (χ0n) is 84.7. The second-order valence-electron chi connectivity index (χ2n) is 36.7. The predicted octanol–water partition coefficient (Wildman–Crippen LogP) is 1.78. The Labute approximate surface area is 850 Å². The lowest BCUT2D eigenvalue weighted by Gasteiger charge is -2.32. The molecule has 3 aliphatic heterocycles. The fourth-order valence-corrected chi connectivity index (χ4v) is 18.1. The number of H-pyrrole nitrogens is 1. The molecule has 5 heterocycles. The quantitative estimate of drug-likeness (QED) is 0.0195. The minimum atomic E-state index is -2.54. The maximum atomic E-state index is 15.5. The fourth-order valence-electron chi connectivity index (χ4n) is 16.7. The Kier molecular flexibility index (Phi) is 51.0. The fraction of sp³-hybridized carbons (Fsp3) is 0.620. The van der Waals surface area contributed by atoms with E-state index in [2.05, 4.69) is 42.2 Å². The lowest BCUT2D eigenvalue weighted by atomic mass is 9.85. The van der Waals surface area contributed by atoms with Crippen LogP contribution in [0.4, 0.5) is 14.4 Å². The molecule has 12 amide bonds. The van der Waals surface area contributed by atoms with Crippen molar-refractivity contribution < 1.29 is 144 Å². The van der Waals surface area contributed by atoms with E-state index in [0.29, 0.717) is 81.3 Å². The number of hydrogen-bond donors (Lipinski definition) is 13. The molecule has 0 radical (unpaired) electrons. The number of aryl methyl sites for hydroxylation is 2. The van der Waals surface area contributed by atoms with Gasteiger partial charge in [0, 0.05) is 140 Å². The number of carbonyl (C=O) groups is 16. The third-order valence-corrected chi connectivity index (χ3v) is 26.9. The number of fused-ring (bicyclic) bond motifs is 6. The van der Waals surface area contributed by atoms with Gasteiger partial charge in [0.25, 0.3) is 0 Å². The molecule has 0 spiro atoms. The van der Waals surface area contributed by atoms with Crippen LogP contribution in [-0.4, -0.2) is 357 Å². The van der Waals surface area contributed by atoms with Crippen LogP contribution in [0, 0.1) is 35.5 Å². The maximum Gasteiger partial charge on any atom is 0.415 e. The number of amides is 12. The van der Waals surface area contributed by atoms with Crippen molar-refractivity contribution >= 4 is 127 Å². The standard InChI is InChI=1S/C100H145N15O30S/c1-10-61(6)90-95(130)105-54-88(125)108-80-59-146(135)96-73(46-66(92(127)104-55-89(126)111-90)48-85(122)91(62(7)86(123)57-116)112-94(129)81-52-69(118)56-115(81)97(131)67(49-84(80)121)50-87(101)124)71-23-22-70(53-78(71)110-96)145-99(133)113(8)27-28-114(29-32-139-37-40-141-38-35-137-30-14-16-82(119)65-21-24-76-79(47-65)107-75(12-3)74(11-2)106-76)100(134)144-58-64-19-17-63(18-20-64)45-83(120)77(15-13-26-103-98(102)132)109-93(128)72(60(4)5)51-68(117)25-31-138-36-39-142-43-44-143-42-41-140-34-33-136-9/h17-24,47,53,60-62,66-67,69,72,77,80-81,86,90-91,110,116,118,123H,10-16,25-46,48-52,54-59H2,1-9H3,(H2,101,124)(H,104,127)(H,105,130)(H,108,125)(H,109,128)(H,111,126)(H,112,129)(H3,102,103,132)/t61-,62-,66-,67-,69+,72-,77-,80-,81-,86-,90-,91-,146?/m0/s1. The second kappa shape index (κ2) is 62.3. The average molecular weight is 2070 g/mol. The highest BCUT2D eigenvalue weighted by molar-refractivity contribution is 7.85. The van der Waals surface area contributed by atoms with Gasteiger partial charge in [-0.1, -0.05) is 79.2 Å². The summed E-state index contributed by atoms with van der Waals surface area (Å²) in [5, 5.41) is 50.3. The van der Waals surface area contributed by atoms with Gasteiger partial charge in [-0.05, 0) is 97.4 Å². The molecule has 2 bridgehead atoms. The number of nitrogens with one attached hydrogen (secondary N) is 8. The van der Waals surface area contributed by atoms with Crippen LogP contribution in [0.15, 0.2) is 65.7 Å². The Morgan fingerprint density at radius 3 is 1.89 bits per heavy atom. The number of rotatable bonds is 56. The number of benzene rings is 3. The van der Waals surface area contributed by atoms with Crippen molar-refractivity contribution in [1.29, 1.82) is 0 Å². The molecule has 45 nitrogen and oxygen atoms in total. The zero-order chi connectivity index (χ0) is 106. The monoisotopic (exact) mass is 2070 g/mol. The normalized spacial score (nSPS) is 19.5. The molecule has 0 saturated carbocycles. The number of primary amides is 2. The summed E-state index contributed by atoms with van der Waals surface area (Å²) in [5.41, 5.74) is 15.9. The zero-order valence-corrected chi connectivity index (χ0v) is 85.5. The van der Waals surface area contributed by atoms with Gasteiger partial charge >= 0.3 is 18.2 Å². The molecule has 2 aromatic heterocycles. The highest BCUT2D eigenvalue weighted by Crippen LogP contribution is 2.34. The van der Waals surface area contributed by atoms with Gasteiger partial charge in [0.05, 0.1) is 193 Å². The largest absolute Gasteiger partial charge is 0.445 e. The van der Waals surface area contributed by atoms with E-state index < -0.39 is 224 Å². The van der Waals surface area contributed by atoms with Gasteiger partial charge in [0.1, 0.15) is 35.2 Å². The average Bonchev–Trinajstić information content (AvgIpc) is 1.63. The molecular formula is C100H145N15O30S. The van der Waals surface area contributed by atoms with Gasteiger partial charge < -0.3 is 131 Å². The van der Waals surface area contributed by atoms with Crippen molar-refractivity contribution in [3.63, 3.8) is 0 Å². The summed E-state index contributed by atoms with van der Waals surface area (Å²) >= 11 is 0. The number of hydrogen-bond acceptors (Lipinski definition) is 32. The lowest BCUT2D eigenvalue weighted by molar-refractivity contribution is -0.145. The van der Waals surface area contributed by atoms with Crippen LogP contribution in [0.25, 0.3) is 21.9 Å². The van der Waals surface area contributed by atoms with Gasteiger partial charge in [-0.25, -0.2) is 24.4 Å². The van der Waals surface area contributed by atoms with Crippen LogP contribution < -0.4 is 53.4 Å². The van der Waals surface area contributed by atoms with Crippen molar-refractivity contribution in [3.05, 3.63) is 94.3 Å². The SMILES string of the molecule is CCc1nc2ccc(C(=O)CCCOCCOCCOCCN(CCN(C)C(=O)Oc3ccc4c5c([nH]c4c3)S(=O)C[C@@H]3NC(=O)CNC(=O)[C@H]([C@@H](C)CC)NC(=O)CNC(=O)[C@H](CC(=O)[C@H]([C@@H](C)[C@@H](O)CO)NC(=O)[C@@H]4C[C@@H](O)CN4C(=O)[C@H](CC(N)=O)CC3=O)C5)C(=O)OCc3ccc(CC(=O)[C@H](CCCNC(N)=O)NC(=O)[C@@H](CC(=O)CCOCCOCCOCCOCCOC)C(C)C)cc3)cc2nc1CC. The third kappa shape index (κ3) is 38.8. The molecule has 3 aliphatic rings. The molecule has 0 aliphatic carbocycles. The van der Waals surface area contributed by atoms with Crippen LogP contribution >= 0.6 is 0 Å². The van der Waals surface area contributed by atoms with E-state index in [4.69, 9.17) is 68.8 Å². The smallest absolute Gasteiger partial charge is 0.415 e. The Morgan fingerprint density at radius 2 is 1.27 bits per heavy atom. The molecule has 13 atom stereocenters. The van der Waals surface area contributed by atoms with Crippen molar-refractivity contribution in [2.24, 2.45) is 47.0 Å². The number of likely N-dealkylation sites (N-methyl/N-ethyl adjacent to an activating group) is 1. The molecular weight excluding hydrogens is 1920 g/mol. The lowest BCUT2D eigenvalue weighted by Crippen LogP contribution is -2.56. The number of methoxy groups -OCH3 is 1. The van der Waals surface area contributed by atoms with Crippen LogP contribution in [0.5, 0.6) is 5.75 Å². The number of carbonyl (C=O) groups excluding carboxylic acids is 16. The summed E-state index contributed by atoms with van der Waals surface area (Å²) in [6, 6.07) is 7.60. The van der Waals surface area contributed by atoms with E-state index in [9.17, 15) is 82.4 Å². The Hall–Kier alpha value is -11.8. The first-order valence-corrected chi connectivity index (χ1v) is 51.0. The molecule has 46 heteroatoms. The first-order chi connectivity index (χ1) is 69.9. The summed E-state index contributed by atoms with van der Waals surface area (Å²) in [6.07, 6.45) is -5.96. The number of Topliss-reactive ketones (excluding diaryl/α,β-unsaturated/α-hetero) is 5. The predicted molar refractivity (Wildman–Crippen MR) is 529 cm³/mol. The summed E-state index contributed by atoms with van der Waals surface area (Å²) in [7, 11) is 0.422. The highest BCUT2D eigenvalue weighted by Gasteiger charge is 2.46. The Bertz CT molecular complexity index is 5240. The Morgan fingerprint density at radius 1 is 0.651 bits per heavy atom. The topological polar surface area (TPSA) is 631 Å². The molecule has 8 rings (SSSR count). The number of aliphatic hydroxyl groups excluding tert-OH is 3. The molecule has 3 aromatic carbocycles. The van der Waals surface area contributed by atoms with Crippen molar-refractivity contribution in [2.45, 2.75) is 199 Å². The van der Waals surface area contributed by atoms with Gasteiger partial charge in [-0.3, -0.25) is 66.5 Å². The van der Waals surface area contributed by atoms with Crippen LogP contribution in [0.2, 0.25) is 0 Å². The molecule has 15 N–H and O–H groups in total. The molecule has 146 heavy (non-hydrogen) atoms. The molecule has 806 valence electrons. The Balaban J connectivity index is 0.990. The number of aromatic nitrogens is 3. The number of ether oxygens (including phenoxy) is 10. The summed E-state index contributed by atoms with van der Waals surface area (Å²) in [6.45, 7) is 12.4. The van der Waals surface area contributed by atoms with Gasteiger partial charge in [-0.2, -0.15) is 0 Å². The number of nitrogens with two attached hydrogens (primary N) is 2. The van der Waals surface area contributed by atoms with Crippen molar-refractivity contribution in [3.8, 4) is 5.75 Å². The van der Waals surface area contributed by atoms with Crippen molar-refractivity contribution in [1.82, 2.24) is 66.9 Å². The third-order valence-electron chi connectivity index (χ3n) is 25.4. The molecule has 1 saturated heterocycles. The number of aromatic amines is 1. The highest BCUT2D eigenvalue weighted by atomic mass is 32.2. The summed E-state index contributed by atoms with van der Waals surface area (Å²) in [5.74, 6) is -17.5. The molecule has 5 aromatic rings. The molecule has 1 unspecified atom stereocenters.